The Kier molecular flexibility index (Phi) is 19.5. The maximum absolute atomic E-state index is 14.5. The fourth-order valence-electron chi connectivity index (χ4n) is 14.0. The van der Waals surface area contributed by atoms with Crippen LogP contribution in [0.3, 0.4) is 0 Å². The summed E-state index contributed by atoms with van der Waals surface area (Å²) >= 11 is 0. The number of anilines is 4. The SMILES string of the molecule is COc1ccc(C2=CN3C(=O)c4cc(OC)c(OCCCOc5cc6c(cc5OC)C(=O)N5CC7(CC7)C[C@H]5C(O)N6C(=O)OCc5ccc(NC(=O)[C@H](C)NC(=O)[C@@H](NC(=O)CCC(=O)N6Cc7ccccc7-c7nnn(C(C)C)c7-c7ccccc76)C(C)C)cc5)cc4NC[C@@H]3C2)cc1. The molecule has 1 saturated heterocycles. The molecule has 5 aliphatic heterocycles. The van der Waals surface area contributed by atoms with E-state index in [0.717, 1.165) is 62.7 Å². The number of amides is 7. The van der Waals surface area contributed by atoms with Gasteiger partial charge < -0.3 is 69.5 Å². The number of rotatable bonds is 22. The first-order valence-electron chi connectivity index (χ1n) is 34.2. The number of hydrogen-bond acceptors (Lipinski definition) is 17. The third kappa shape index (κ3) is 13.9. The predicted octanol–water partition coefficient (Wildman–Crippen LogP) is 10.1. The van der Waals surface area contributed by atoms with E-state index in [1.165, 1.54) is 33.3 Å². The van der Waals surface area contributed by atoms with Crippen LogP contribution in [-0.4, -0.2) is 149 Å². The number of carbonyl (C=O) groups is 7. The quantitative estimate of drug-likeness (QED) is 0.0394. The Balaban J connectivity index is 0.613. The fraction of sp³-hybridized carbons (Fsp3) is 0.382. The van der Waals surface area contributed by atoms with Crippen LogP contribution in [0.2, 0.25) is 0 Å². The van der Waals surface area contributed by atoms with E-state index < -0.39 is 48.2 Å². The normalized spacial score (nSPS) is 18.1. The van der Waals surface area contributed by atoms with Crippen LogP contribution in [0.1, 0.15) is 123 Å². The molecule has 7 aromatic rings. The highest BCUT2D eigenvalue weighted by atomic mass is 16.6. The molecule has 2 fully saturated rings. The van der Waals surface area contributed by atoms with Crippen molar-refractivity contribution in [1.82, 2.24) is 35.4 Å². The van der Waals surface area contributed by atoms with Crippen molar-refractivity contribution in [2.45, 2.75) is 129 Å². The van der Waals surface area contributed by atoms with Crippen LogP contribution < -0.4 is 54.8 Å². The van der Waals surface area contributed by atoms with Gasteiger partial charge in [-0.15, -0.1) is 5.10 Å². The van der Waals surface area contributed by atoms with Crippen LogP contribution in [0.5, 0.6) is 28.7 Å². The molecular formula is C76H83N11O14. The molecule has 6 heterocycles. The molecule has 1 saturated carbocycles. The lowest BCUT2D eigenvalue weighted by Gasteiger charge is -2.31. The van der Waals surface area contributed by atoms with E-state index in [9.17, 15) is 38.7 Å². The number of nitrogens with one attached hydrogen (secondary N) is 4. The minimum Gasteiger partial charge on any atom is -0.497 e. The lowest BCUT2D eigenvalue weighted by molar-refractivity contribution is -0.132. The van der Waals surface area contributed by atoms with Crippen molar-refractivity contribution in [2.75, 3.05) is 68.1 Å². The Morgan fingerprint density at radius 3 is 2.11 bits per heavy atom. The second-order valence-electron chi connectivity index (χ2n) is 27.2. The number of aromatic nitrogens is 3. The summed E-state index contributed by atoms with van der Waals surface area (Å²) < 4.78 is 37.2. The molecule has 7 amide bonds. The first-order valence-corrected chi connectivity index (χ1v) is 34.2. The topological polar surface area (TPSA) is 287 Å². The average Bonchev–Trinajstić information content (AvgIpc) is 1.57. The number of fused-ring (bicyclic) bond motifs is 9. The van der Waals surface area contributed by atoms with Gasteiger partial charge in [-0.3, -0.25) is 28.8 Å². The van der Waals surface area contributed by atoms with E-state index in [4.69, 9.17) is 28.4 Å². The summed E-state index contributed by atoms with van der Waals surface area (Å²) in [5.41, 5.74) is 8.78. The minimum atomic E-state index is -1.49. The minimum absolute atomic E-state index is 0.0213. The largest absolute Gasteiger partial charge is 0.497 e. The smallest absolute Gasteiger partial charge is 0.416 e. The van der Waals surface area contributed by atoms with Crippen molar-refractivity contribution in [2.24, 2.45) is 11.3 Å². The Bertz CT molecular complexity index is 4400. The van der Waals surface area contributed by atoms with Gasteiger partial charge in [0.2, 0.25) is 23.6 Å². The molecule has 25 nitrogen and oxygen atoms in total. The summed E-state index contributed by atoms with van der Waals surface area (Å²) in [6, 6.07) is 33.2. The second-order valence-corrected chi connectivity index (χ2v) is 27.2. The molecule has 0 radical (unpaired) electrons. The first-order chi connectivity index (χ1) is 48.7. The van der Waals surface area contributed by atoms with Gasteiger partial charge in [0.05, 0.1) is 87.1 Å². The number of ether oxygens (including phenoxy) is 6. The molecule has 526 valence electrons. The molecule has 1 unspecified atom stereocenters. The van der Waals surface area contributed by atoms with E-state index in [2.05, 4.69) is 31.6 Å². The second kappa shape index (κ2) is 28.7. The van der Waals surface area contributed by atoms with Crippen molar-refractivity contribution in [3.63, 3.8) is 0 Å². The zero-order valence-corrected chi connectivity index (χ0v) is 57.7. The number of methoxy groups -OCH3 is 3. The monoisotopic (exact) mass is 1370 g/mol. The van der Waals surface area contributed by atoms with Crippen molar-refractivity contribution >= 4 is 69.9 Å². The zero-order valence-electron chi connectivity index (χ0n) is 57.7. The van der Waals surface area contributed by atoms with E-state index in [1.54, 1.807) is 72.1 Å². The number of benzene rings is 6. The third-order valence-electron chi connectivity index (χ3n) is 19.8. The van der Waals surface area contributed by atoms with Crippen molar-refractivity contribution < 1.29 is 67.1 Å². The lowest BCUT2D eigenvalue weighted by atomic mass is 9.95. The van der Waals surface area contributed by atoms with Crippen molar-refractivity contribution in [1.29, 1.82) is 0 Å². The van der Waals surface area contributed by atoms with Crippen LogP contribution in [0, 0.1) is 11.3 Å². The molecule has 6 aromatic carbocycles. The van der Waals surface area contributed by atoms with Gasteiger partial charge in [-0.25, -0.2) is 14.4 Å². The summed E-state index contributed by atoms with van der Waals surface area (Å²) in [6.07, 6.45) is 2.48. The Morgan fingerprint density at radius 2 is 1.42 bits per heavy atom. The number of para-hydroxylation sites is 1. The molecule has 1 aliphatic carbocycles. The first kappa shape index (κ1) is 68.6. The van der Waals surface area contributed by atoms with Crippen LogP contribution in [0.4, 0.5) is 27.5 Å². The molecule has 25 heteroatoms. The van der Waals surface area contributed by atoms with Gasteiger partial charge >= 0.3 is 6.09 Å². The molecule has 101 heavy (non-hydrogen) atoms. The molecule has 13 rings (SSSR count). The highest BCUT2D eigenvalue weighted by molar-refractivity contribution is 6.07. The Hall–Kier alpha value is -11.0. The van der Waals surface area contributed by atoms with Crippen molar-refractivity contribution in [3.05, 3.63) is 155 Å². The highest BCUT2D eigenvalue weighted by Gasteiger charge is 2.58. The van der Waals surface area contributed by atoms with Crippen LogP contribution >= 0.6 is 0 Å². The maximum Gasteiger partial charge on any atom is 0.416 e. The summed E-state index contributed by atoms with van der Waals surface area (Å²) in [6.45, 7) is 10.3. The number of hydrogen-bond donors (Lipinski definition) is 5. The van der Waals surface area contributed by atoms with Gasteiger partial charge in [0, 0.05) is 73.5 Å². The number of nitrogens with zero attached hydrogens (tertiary/aromatic N) is 7. The van der Waals surface area contributed by atoms with Gasteiger partial charge in [0.1, 0.15) is 30.1 Å². The van der Waals surface area contributed by atoms with E-state index in [0.29, 0.717) is 72.0 Å². The van der Waals surface area contributed by atoms with Gasteiger partial charge in [-0.2, -0.15) is 0 Å². The Labute approximate surface area is 585 Å². The molecule has 0 bridgehead atoms. The van der Waals surface area contributed by atoms with Crippen LogP contribution in [0.15, 0.2) is 128 Å². The fourth-order valence-corrected chi connectivity index (χ4v) is 14.0. The number of aliphatic hydroxyl groups excluding tert-OH is 1. The summed E-state index contributed by atoms with van der Waals surface area (Å²) in [4.78, 5) is 105. The van der Waals surface area contributed by atoms with Gasteiger partial charge in [-0.1, -0.05) is 85.8 Å². The van der Waals surface area contributed by atoms with Gasteiger partial charge in [0.25, 0.3) is 11.8 Å². The van der Waals surface area contributed by atoms with E-state index in [-0.39, 0.29) is 103 Å². The number of aliphatic hydroxyl groups is 1. The molecule has 6 aliphatic rings. The maximum atomic E-state index is 14.5. The molecular weight excluding hydrogens is 1290 g/mol. The van der Waals surface area contributed by atoms with Crippen LogP contribution in [-0.2, 0) is 37.1 Å². The molecule has 1 spiro atoms. The summed E-state index contributed by atoms with van der Waals surface area (Å²) in [5, 5.41) is 33.1. The highest BCUT2D eigenvalue weighted by Crippen LogP contribution is 2.57. The lowest BCUT2D eigenvalue weighted by Crippen LogP contribution is -2.53. The molecule has 5 atom stereocenters. The average molecular weight is 1370 g/mol. The van der Waals surface area contributed by atoms with E-state index in [1.807, 2.05) is 97.5 Å². The third-order valence-corrected chi connectivity index (χ3v) is 19.8. The summed E-state index contributed by atoms with van der Waals surface area (Å²) in [7, 11) is 4.59. The molecule has 1 aromatic heterocycles. The predicted molar refractivity (Wildman–Crippen MR) is 377 cm³/mol. The zero-order chi connectivity index (χ0) is 71.0. The van der Waals surface area contributed by atoms with Gasteiger partial charge in [-0.05, 0) is 123 Å². The van der Waals surface area contributed by atoms with Crippen molar-refractivity contribution in [3.8, 4) is 51.3 Å². The number of carbonyl (C=O) groups excluding carboxylic acids is 7. The van der Waals surface area contributed by atoms with Gasteiger partial charge in [0.15, 0.2) is 29.2 Å². The van der Waals surface area contributed by atoms with Crippen LogP contribution in [0.25, 0.3) is 28.1 Å². The molecule has 5 N–H and O–H groups in total. The summed E-state index contributed by atoms with van der Waals surface area (Å²) in [5.74, 6) is -0.854. The van der Waals surface area contributed by atoms with E-state index >= 15 is 0 Å². The standard InChI is InChI=1S/C76H83N11O14/c1-43(2)67(80-65(88)26-27-66(89)84-39-48-14-9-10-15-53(48)68-69(87(44(3)4)82-81-68)54-16-11-12-17-58(54)84)71(91)78-45(5)70(90)79-50-22-18-46(19-23-50)41-101-75(95)86-59-36-64(62(98-8)34-56(59)73(93)85-42-76(28-29-76)37-60(85)74(86)94)100-31-13-30-99-63-35-57-55(33-61(63)97-7)72(92)83-40-49(32-51(83)38-77-57)47-20-24-52(96-6)25-21-47/h9-12,14-25,33-36,40,43-45,51,60,67,74,77,94H,13,26-32,37-39,41-42H2,1-8H3,(H,78,91)(H,79,90)(H,80,88)/t45-,51-,60-,67-,74?/m0/s1. The Morgan fingerprint density at radius 1 is 0.723 bits per heavy atom.